The fourth-order valence-electron chi connectivity index (χ4n) is 18.5. The number of rotatable bonds is 108. The number of hydrogen-bond acceptors (Lipinski definition) is 18. The smallest absolute Gasteiger partial charge is 0.306 e. The minimum atomic E-state index is -1.02. The Hall–Kier alpha value is -4.77. The minimum absolute atomic E-state index is 0.109. The van der Waals surface area contributed by atoms with Crippen LogP contribution < -0.4 is 0 Å². The van der Waals surface area contributed by atoms with Crippen LogP contribution in [0.25, 0.3) is 0 Å². The Morgan fingerprint density at radius 2 is 0.255 bits per heavy atom. The molecule has 0 aliphatic carbocycles. The molecule has 137 heavy (non-hydrogen) atoms. The molecule has 0 aromatic rings. The quantitative estimate of drug-likeness (QED) is 0.0312. The summed E-state index contributed by atoms with van der Waals surface area (Å²) in [5, 5.41) is 0. The molecule has 0 N–H and O–H groups in total. The SMILES string of the molecule is CCCCCCCCCC(=O)OC(CCCCCC)CCC(CCCCCCCC(=O)OCC(C)(COC(=O)CCCCCCCC(CCC(CCCCCC)OC(=O)CCCCCCCCC)OC(=O)CCCCCCCCC)COC(=O)CCCCCCCC(CCC(CCCCCC)OC(=O)CCCCCCCCC)OC(=O)CCCCCCCCC)OC(=O)CCCCCCCCC. The maximum Gasteiger partial charge on any atom is 0.306 e. The topological polar surface area (TPSA) is 237 Å². The normalized spacial score (nSPS) is 13.3. The van der Waals surface area contributed by atoms with Crippen molar-refractivity contribution < 1.29 is 85.8 Å². The molecule has 0 aromatic heterocycles. The van der Waals surface area contributed by atoms with E-state index < -0.39 is 5.41 Å². The van der Waals surface area contributed by atoms with Crippen LogP contribution in [0.15, 0.2) is 0 Å². The highest BCUT2D eigenvalue weighted by Gasteiger charge is 2.32. The van der Waals surface area contributed by atoms with E-state index in [9.17, 15) is 43.2 Å². The monoisotopic (exact) mass is 1940 g/mol. The summed E-state index contributed by atoms with van der Waals surface area (Å²) in [4.78, 5) is 121. The second-order valence-corrected chi connectivity index (χ2v) is 41.9. The Balaban J connectivity index is 6.42. The van der Waals surface area contributed by atoms with Gasteiger partial charge >= 0.3 is 53.7 Å². The standard InChI is InChI=1S/C119H222O18/c1-11-20-29-38-44-56-74-89-113(123)132-104(80-65-35-26-17-7)95-98-107(135-116(126)92-77-59-47-41-32-23-14-4)83-68-53-50-62-71-86-110(120)129-101-119(10,102-130-111(121)87-72-63-51-54-69-84-108(136-117(127)93-78-60-48-42-33-24-15-5)99-96-105(81-66-36-27-18-8)133-114(124)90-75-57-45-39-30-21-12-2)103-131-112(122)88-73-64-52-55-70-85-109(137-118(128)94-79-61-49-43-34-25-16-6)100-97-106(82-67-37-28-19-9)134-115(125)91-76-58-46-40-31-22-13-3/h104-109H,11-103H2,1-10H3. The maximum atomic E-state index is 13.7. The molecule has 0 saturated heterocycles. The molecule has 18 heteroatoms. The summed E-state index contributed by atoms with van der Waals surface area (Å²) in [6.07, 6.45) is 83.2. The Morgan fingerprint density at radius 3 is 0.394 bits per heavy atom. The summed E-state index contributed by atoms with van der Waals surface area (Å²) in [6.45, 7) is 21.5. The number of carbonyl (C=O) groups is 9. The molecule has 0 aromatic carbocycles. The van der Waals surface area contributed by atoms with Gasteiger partial charge in [0.15, 0.2) is 0 Å². The Kier molecular flexibility index (Phi) is 97.8. The fourth-order valence-corrected chi connectivity index (χ4v) is 18.5. The van der Waals surface area contributed by atoms with Crippen LogP contribution in [-0.2, 0) is 85.8 Å². The van der Waals surface area contributed by atoms with Crippen molar-refractivity contribution in [2.24, 2.45) is 5.41 Å². The van der Waals surface area contributed by atoms with Gasteiger partial charge in [-0.1, -0.05) is 409 Å². The molecule has 0 spiro atoms. The van der Waals surface area contributed by atoms with E-state index in [0.717, 1.165) is 308 Å². The lowest BCUT2D eigenvalue weighted by atomic mass is 9.94. The van der Waals surface area contributed by atoms with Crippen LogP contribution in [0.1, 0.15) is 647 Å². The van der Waals surface area contributed by atoms with Crippen molar-refractivity contribution in [2.75, 3.05) is 19.8 Å². The van der Waals surface area contributed by atoms with E-state index in [1.165, 1.54) is 154 Å². The summed E-state index contributed by atoms with van der Waals surface area (Å²) in [7, 11) is 0. The van der Waals surface area contributed by atoms with Crippen LogP contribution in [0, 0.1) is 5.41 Å². The lowest BCUT2D eigenvalue weighted by Crippen LogP contribution is -2.37. The van der Waals surface area contributed by atoms with Gasteiger partial charge in [-0.05, 0) is 180 Å². The summed E-state index contributed by atoms with van der Waals surface area (Å²) < 4.78 is 55.4. The molecule has 6 atom stereocenters. The first-order valence-electron chi connectivity index (χ1n) is 59.5. The molecule has 18 nitrogen and oxygen atoms in total. The molecule has 0 saturated carbocycles. The first-order valence-corrected chi connectivity index (χ1v) is 59.5. The largest absolute Gasteiger partial charge is 0.465 e. The molecular weight excluding hydrogens is 1720 g/mol. The second-order valence-electron chi connectivity index (χ2n) is 41.9. The van der Waals surface area contributed by atoms with Crippen molar-refractivity contribution in [3.63, 3.8) is 0 Å². The lowest BCUT2D eigenvalue weighted by molar-refractivity contribution is -0.161. The van der Waals surface area contributed by atoms with Gasteiger partial charge in [-0.25, -0.2) is 0 Å². The molecule has 0 bridgehead atoms. The molecule has 0 rings (SSSR count). The highest BCUT2D eigenvalue weighted by atomic mass is 16.6. The molecule has 0 amide bonds. The Morgan fingerprint density at radius 1 is 0.146 bits per heavy atom. The van der Waals surface area contributed by atoms with Crippen molar-refractivity contribution >= 4 is 53.7 Å². The molecule has 0 radical (unpaired) electrons. The van der Waals surface area contributed by atoms with E-state index in [0.29, 0.717) is 96.3 Å². The van der Waals surface area contributed by atoms with Crippen LogP contribution in [0.2, 0.25) is 0 Å². The molecule has 6 unspecified atom stereocenters. The number of hydrogen-bond donors (Lipinski definition) is 0. The van der Waals surface area contributed by atoms with E-state index in [4.69, 9.17) is 42.6 Å². The molecular formula is C119H222O18. The van der Waals surface area contributed by atoms with E-state index in [1.54, 1.807) is 0 Å². The third kappa shape index (κ3) is 92.1. The highest BCUT2D eigenvalue weighted by molar-refractivity contribution is 5.72. The van der Waals surface area contributed by atoms with Crippen molar-refractivity contribution in [2.45, 2.75) is 684 Å². The van der Waals surface area contributed by atoms with Gasteiger partial charge in [0.1, 0.15) is 56.4 Å². The van der Waals surface area contributed by atoms with Gasteiger partial charge in [-0.3, -0.25) is 43.2 Å². The van der Waals surface area contributed by atoms with E-state index in [-0.39, 0.29) is 129 Å². The highest BCUT2D eigenvalue weighted by Crippen LogP contribution is 2.29. The summed E-state index contributed by atoms with van der Waals surface area (Å²) in [5.41, 5.74) is -1.02. The second kappa shape index (κ2) is 101. The zero-order valence-corrected chi connectivity index (χ0v) is 91.6. The first-order chi connectivity index (χ1) is 66.8. The van der Waals surface area contributed by atoms with Crippen LogP contribution in [0.3, 0.4) is 0 Å². The zero-order valence-electron chi connectivity index (χ0n) is 91.6. The fraction of sp³-hybridized carbons (Fsp3) is 0.924. The van der Waals surface area contributed by atoms with Gasteiger partial charge in [-0.2, -0.15) is 0 Å². The minimum Gasteiger partial charge on any atom is -0.465 e. The van der Waals surface area contributed by atoms with Crippen LogP contribution >= 0.6 is 0 Å². The van der Waals surface area contributed by atoms with Crippen molar-refractivity contribution in [1.82, 2.24) is 0 Å². The average molecular weight is 1940 g/mol. The van der Waals surface area contributed by atoms with E-state index in [1.807, 2.05) is 6.92 Å². The predicted octanol–water partition coefficient (Wildman–Crippen LogP) is 35.4. The number of carbonyl (C=O) groups excluding carboxylic acids is 9. The lowest BCUT2D eigenvalue weighted by Gasteiger charge is -2.28. The molecule has 0 aliphatic heterocycles. The number of esters is 9. The van der Waals surface area contributed by atoms with Gasteiger partial charge in [0.25, 0.3) is 0 Å². The van der Waals surface area contributed by atoms with E-state index in [2.05, 4.69) is 62.3 Å². The van der Waals surface area contributed by atoms with Crippen LogP contribution in [0.5, 0.6) is 0 Å². The van der Waals surface area contributed by atoms with Crippen molar-refractivity contribution in [1.29, 1.82) is 0 Å². The number of ether oxygens (including phenoxy) is 9. The predicted molar refractivity (Wildman–Crippen MR) is 567 cm³/mol. The van der Waals surface area contributed by atoms with Crippen molar-refractivity contribution in [3.8, 4) is 0 Å². The molecule has 0 fully saturated rings. The summed E-state index contributed by atoms with van der Waals surface area (Å²) in [5.74, 6) is -1.89. The zero-order chi connectivity index (χ0) is 100. The van der Waals surface area contributed by atoms with Crippen LogP contribution in [-0.4, -0.2) is 110 Å². The third-order valence-electron chi connectivity index (χ3n) is 27.7. The molecule has 0 aliphatic rings. The first kappa shape index (κ1) is 132. The summed E-state index contributed by atoms with van der Waals surface area (Å²) in [6, 6.07) is 0. The average Bonchev–Trinajstić information content (AvgIpc) is 0.879. The van der Waals surface area contributed by atoms with Crippen LogP contribution in [0.4, 0.5) is 0 Å². The molecule has 0 heterocycles. The van der Waals surface area contributed by atoms with Gasteiger partial charge in [-0.15, -0.1) is 0 Å². The van der Waals surface area contributed by atoms with Gasteiger partial charge in [0.2, 0.25) is 0 Å². The maximum absolute atomic E-state index is 13.7. The van der Waals surface area contributed by atoms with Gasteiger partial charge in [0.05, 0.1) is 5.41 Å². The van der Waals surface area contributed by atoms with Gasteiger partial charge < -0.3 is 42.6 Å². The summed E-state index contributed by atoms with van der Waals surface area (Å²) >= 11 is 0. The Bertz CT molecular complexity index is 2450. The van der Waals surface area contributed by atoms with Gasteiger partial charge in [0, 0.05) is 57.8 Å². The van der Waals surface area contributed by atoms with Crippen molar-refractivity contribution in [3.05, 3.63) is 0 Å². The Labute approximate surface area is 843 Å². The molecule has 806 valence electrons. The number of unbranched alkanes of at least 4 members (excludes halogenated alkanes) is 57. The van der Waals surface area contributed by atoms with E-state index >= 15 is 0 Å². The third-order valence-corrected chi connectivity index (χ3v) is 27.7.